The number of hydrogen-bond donors (Lipinski definition) is 0. The number of carbonyl (C=O) groups is 2. The van der Waals surface area contributed by atoms with Crippen molar-refractivity contribution in [3.05, 3.63) is 78.1 Å². The summed E-state index contributed by atoms with van der Waals surface area (Å²) < 4.78 is 16.8. The minimum Gasteiger partial charge on any atom is -0.465 e. The van der Waals surface area contributed by atoms with Gasteiger partial charge in [0, 0.05) is 25.0 Å². The Balaban J connectivity index is 2.04. The van der Waals surface area contributed by atoms with Crippen LogP contribution in [-0.2, 0) is 28.6 Å². The van der Waals surface area contributed by atoms with Gasteiger partial charge in [0.1, 0.15) is 12.7 Å². The van der Waals surface area contributed by atoms with E-state index in [2.05, 4.69) is 77.2 Å². The van der Waals surface area contributed by atoms with E-state index >= 15 is 0 Å². The van der Waals surface area contributed by atoms with Gasteiger partial charge in [-0.15, -0.1) is 0 Å². The molecule has 0 radical (unpaired) electrons. The number of hydroxylamine groups is 2. The molecule has 7 atom stereocenters. The predicted octanol–water partition coefficient (Wildman–Crippen LogP) is 9.03. The van der Waals surface area contributed by atoms with Crippen LogP contribution in [0.5, 0.6) is 0 Å². The van der Waals surface area contributed by atoms with E-state index in [-0.39, 0.29) is 54.5 Å². The number of benzene rings is 1. The molecule has 272 valence electrons. The number of esters is 2. The van der Waals surface area contributed by atoms with Crippen LogP contribution >= 0.6 is 0 Å². The summed E-state index contributed by atoms with van der Waals surface area (Å²) in [6, 6.07) is 14.1. The smallest absolute Gasteiger partial charge is 0.309 e. The second-order valence-corrected chi connectivity index (χ2v) is 14.4. The minimum atomic E-state index is -0.639. The highest BCUT2D eigenvalue weighted by atomic mass is 16.7. The molecule has 1 fully saturated rings. The summed E-state index contributed by atoms with van der Waals surface area (Å²) >= 11 is 0. The van der Waals surface area contributed by atoms with Crippen LogP contribution < -0.4 is 0 Å². The van der Waals surface area contributed by atoms with Gasteiger partial charge in [-0.2, -0.15) is 5.06 Å². The third-order valence-electron chi connectivity index (χ3n) is 10.9. The zero-order chi connectivity index (χ0) is 36.0. The van der Waals surface area contributed by atoms with Crippen molar-refractivity contribution in [2.75, 3.05) is 26.9 Å². The van der Waals surface area contributed by atoms with Gasteiger partial charge in [-0.1, -0.05) is 83.5 Å². The maximum Gasteiger partial charge on any atom is 0.309 e. The molecule has 0 saturated carbocycles. The molecule has 49 heavy (non-hydrogen) atoms. The normalized spacial score (nSPS) is 23.8. The van der Waals surface area contributed by atoms with E-state index in [9.17, 15) is 9.59 Å². The van der Waals surface area contributed by atoms with Gasteiger partial charge >= 0.3 is 11.9 Å². The highest BCUT2D eigenvalue weighted by Crippen LogP contribution is 2.49. The summed E-state index contributed by atoms with van der Waals surface area (Å²) in [6.45, 7) is 20.6. The number of rotatable bonds is 20. The number of pyridine rings is 1. The maximum absolute atomic E-state index is 14.0. The SMILES string of the molecule is C=C1CC(C)(CC)N(OC(CC(CC(CC(C)c2ccccc2)C(=O)OCCCC)C(=O)OCCOC)c2ccncc2)C(C)(CC)C1C. The molecule has 0 amide bonds. The van der Waals surface area contributed by atoms with E-state index in [0.717, 1.165) is 43.2 Å². The molecule has 0 bridgehead atoms. The zero-order valence-corrected chi connectivity index (χ0v) is 31.4. The van der Waals surface area contributed by atoms with Gasteiger partial charge in [-0.25, -0.2) is 0 Å². The van der Waals surface area contributed by atoms with Gasteiger partial charge in [0.2, 0.25) is 0 Å². The van der Waals surface area contributed by atoms with Gasteiger partial charge < -0.3 is 14.2 Å². The quantitative estimate of drug-likeness (QED) is 0.0779. The average Bonchev–Trinajstić information content (AvgIpc) is 3.11. The Kier molecular flexibility index (Phi) is 15.9. The van der Waals surface area contributed by atoms with Crippen LogP contribution in [0.4, 0.5) is 0 Å². The molecule has 1 aromatic carbocycles. The van der Waals surface area contributed by atoms with Gasteiger partial charge in [-0.3, -0.25) is 19.4 Å². The van der Waals surface area contributed by atoms with Crippen LogP contribution in [0.2, 0.25) is 0 Å². The molecule has 1 aliphatic rings. The summed E-state index contributed by atoms with van der Waals surface area (Å²) in [6.07, 6.45) is 8.41. The maximum atomic E-state index is 14.0. The lowest BCUT2D eigenvalue weighted by Crippen LogP contribution is -2.64. The van der Waals surface area contributed by atoms with Crippen LogP contribution in [-0.4, -0.2) is 60.0 Å². The van der Waals surface area contributed by atoms with Crippen molar-refractivity contribution >= 4 is 11.9 Å². The lowest BCUT2D eigenvalue weighted by Gasteiger charge is -2.58. The van der Waals surface area contributed by atoms with Crippen molar-refractivity contribution in [2.24, 2.45) is 17.8 Å². The largest absolute Gasteiger partial charge is 0.465 e. The fourth-order valence-corrected chi connectivity index (χ4v) is 7.16. The summed E-state index contributed by atoms with van der Waals surface area (Å²) in [7, 11) is 1.58. The summed E-state index contributed by atoms with van der Waals surface area (Å²) in [4.78, 5) is 39.2. The Labute approximate surface area is 295 Å². The average molecular weight is 679 g/mol. The van der Waals surface area contributed by atoms with Gasteiger partial charge in [-0.05, 0) is 93.9 Å². The molecule has 1 saturated heterocycles. The first-order valence-electron chi connectivity index (χ1n) is 18.4. The molecular formula is C41H62N2O6. The van der Waals surface area contributed by atoms with Crippen LogP contribution in [0.1, 0.15) is 123 Å². The third kappa shape index (κ3) is 10.7. The van der Waals surface area contributed by atoms with Gasteiger partial charge in [0.05, 0.1) is 30.6 Å². The molecule has 1 aromatic heterocycles. The number of methoxy groups -OCH3 is 1. The highest BCUT2D eigenvalue weighted by Gasteiger charge is 2.52. The lowest BCUT2D eigenvalue weighted by molar-refractivity contribution is -0.321. The number of carbonyl (C=O) groups excluding carboxylic acids is 2. The van der Waals surface area contributed by atoms with Crippen LogP contribution in [0, 0.1) is 17.8 Å². The van der Waals surface area contributed by atoms with Crippen molar-refractivity contribution in [2.45, 2.75) is 123 Å². The van der Waals surface area contributed by atoms with Gasteiger partial charge in [0.15, 0.2) is 0 Å². The third-order valence-corrected chi connectivity index (χ3v) is 10.9. The lowest BCUT2D eigenvalue weighted by atomic mass is 9.69. The molecule has 7 unspecified atom stereocenters. The molecule has 2 heterocycles. The highest BCUT2D eigenvalue weighted by molar-refractivity contribution is 5.76. The number of hydrogen-bond acceptors (Lipinski definition) is 8. The fourth-order valence-electron chi connectivity index (χ4n) is 7.16. The van der Waals surface area contributed by atoms with Crippen LogP contribution in [0.15, 0.2) is 67.0 Å². The van der Waals surface area contributed by atoms with Crippen LogP contribution in [0.25, 0.3) is 0 Å². The molecule has 0 aliphatic carbocycles. The molecular weight excluding hydrogens is 616 g/mol. The fraction of sp³-hybridized carbons (Fsp3) is 0.634. The summed E-state index contributed by atoms with van der Waals surface area (Å²) in [5, 5.41) is 2.21. The first-order chi connectivity index (χ1) is 23.4. The predicted molar refractivity (Wildman–Crippen MR) is 195 cm³/mol. The Bertz CT molecular complexity index is 1310. The zero-order valence-electron chi connectivity index (χ0n) is 31.4. The minimum absolute atomic E-state index is 0.0841. The molecule has 2 aromatic rings. The van der Waals surface area contributed by atoms with E-state index in [4.69, 9.17) is 19.0 Å². The number of nitrogens with zero attached hydrogens (tertiary/aromatic N) is 2. The van der Waals surface area contributed by atoms with E-state index in [1.54, 1.807) is 19.5 Å². The Morgan fingerprint density at radius 2 is 1.53 bits per heavy atom. The van der Waals surface area contributed by atoms with E-state index in [1.807, 2.05) is 30.3 Å². The van der Waals surface area contributed by atoms with E-state index in [0.29, 0.717) is 19.4 Å². The molecule has 8 nitrogen and oxygen atoms in total. The molecule has 8 heteroatoms. The van der Waals surface area contributed by atoms with E-state index < -0.39 is 17.9 Å². The summed E-state index contributed by atoms with van der Waals surface area (Å²) in [5.74, 6) is -1.50. The van der Waals surface area contributed by atoms with Crippen molar-refractivity contribution in [1.82, 2.24) is 10.0 Å². The number of unbranched alkanes of at least 4 members (excludes halogenated alkanes) is 1. The number of aromatic nitrogens is 1. The van der Waals surface area contributed by atoms with Crippen molar-refractivity contribution < 1.29 is 28.6 Å². The Hall–Kier alpha value is -3.07. The van der Waals surface area contributed by atoms with Crippen molar-refractivity contribution in [1.29, 1.82) is 0 Å². The topological polar surface area (TPSA) is 87.2 Å². The molecule has 1 aliphatic heterocycles. The Morgan fingerprint density at radius 1 is 0.898 bits per heavy atom. The second-order valence-electron chi connectivity index (χ2n) is 14.4. The first-order valence-corrected chi connectivity index (χ1v) is 18.4. The van der Waals surface area contributed by atoms with Crippen LogP contribution in [0.3, 0.4) is 0 Å². The number of piperidine rings is 1. The van der Waals surface area contributed by atoms with Crippen molar-refractivity contribution in [3.8, 4) is 0 Å². The first kappa shape index (κ1) is 40.4. The molecule has 3 rings (SSSR count). The Morgan fingerprint density at radius 3 is 2.12 bits per heavy atom. The monoisotopic (exact) mass is 678 g/mol. The van der Waals surface area contributed by atoms with Gasteiger partial charge in [0.25, 0.3) is 0 Å². The van der Waals surface area contributed by atoms with Crippen molar-refractivity contribution in [3.63, 3.8) is 0 Å². The molecule has 0 spiro atoms. The standard InChI is InChI=1S/C41H62N2O6/c1-10-13-23-47-38(44)35(26-30(4)33-17-15-14-16-18-33)27-36(39(45)48-25-24-46-9)28-37(34-19-21-42-22-20-34)49-43-40(7,11-2)29-31(5)32(6)41(43,8)12-3/h14-22,30,32,35-37H,5,10-13,23-29H2,1-4,6-9H3. The second kappa shape index (κ2) is 19.4. The molecule has 0 N–H and O–H groups in total. The summed E-state index contributed by atoms with van der Waals surface area (Å²) in [5.41, 5.74) is 2.66. The van der Waals surface area contributed by atoms with E-state index in [1.165, 1.54) is 5.57 Å². The number of ether oxygens (including phenoxy) is 3.